The molecule has 0 aromatic heterocycles. The summed E-state index contributed by atoms with van der Waals surface area (Å²) in [6.45, 7) is 7.42. The predicted molar refractivity (Wildman–Crippen MR) is 64.9 cm³/mol. The Labute approximate surface area is 95.2 Å². The van der Waals surface area contributed by atoms with Crippen molar-refractivity contribution in [3.05, 3.63) is 40.8 Å². The second-order valence-electron chi connectivity index (χ2n) is 3.55. The molecule has 1 N–H and O–H groups in total. The maximum absolute atomic E-state index is 10.9. The standard InChI is InChI=1S/C12H14O3S/c1-4-10-8-12(16(13,14)15)6-5-11(10)7-9(2)3/h4-8H,2H2,1,3H3,(H,13,14,15)/b10-4-,11-7-. The van der Waals surface area contributed by atoms with E-state index in [1.165, 1.54) is 12.1 Å². The highest BCUT2D eigenvalue weighted by Gasteiger charge is 2.07. The zero-order valence-corrected chi connectivity index (χ0v) is 10.1. The lowest BCUT2D eigenvalue weighted by molar-refractivity contribution is 0.483. The summed E-state index contributed by atoms with van der Waals surface area (Å²) in [4.78, 5) is -0.0977. The largest absolute Gasteiger partial charge is 0.294 e. The van der Waals surface area contributed by atoms with Gasteiger partial charge in [-0.2, -0.15) is 8.42 Å². The third-order valence-corrected chi connectivity index (χ3v) is 2.92. The minimum absolute atomic E-state index is 0.0977. The highest BCUT2D eigenvalue weighted by Crippen LogP contribution is 2.02. The molecule has 0 saturated heterocycles. The zero-order valence-electron chi connectivity index (χ0n) is 9.27. The van der Waals surface area contributed by atoms with Crippen molar-refractivity contribution in [2.24, 2.45) is 0 Å². The van der Waals surface area contributed by atoms with Crippen LogP contribution in [-0.4, -0.2) is 13.0 Å². The lowest BCUT2D eigenvalue weighted by Crippen LogP contribution is -2.25. The Hall–Kier alpha value is -1.39. The van der Waals surface area contributed by atoms with Crippen LogP contribution in [0.2, 0.25) is 0 Å². The molecule has 1 aromatic carbocycles. The average Bonchev–Trinajstić information content (AvgIpc) is 2.15. The Balaban J connectivity index is 3.60. The first-order valence-electron chi connectivity index (χ1n) is 4.75. The van der Waals surface area contributed by atoms with Crippen LogP contribution in [0.15, 0.2) is 35.2 Å². The van der Waals surface area contributed by atoms with Crippen LogP contribution in [0.3, 0.4) is 0 Å². The van der Waals surface area contributed by atoms with Gasteiger partial charge in [0.05, 0.1) is 4.90 Å². The van der Waals surface area contributed by atoms with E-state index in [1.54, 1.807) is 19.1 Å². The van der Waals surface area contributed by atoms with Crippen molar-refractivity contribution >= 4 is 22.3 Å². The van der Waals surface area contributed by atoms with Crippen LogP contribution in [0.4, 0.5) is 0 Å². The lowest BCUT2D eigenvalue weighted by atomic mass is 10.2. The fourth-order valence-corrected chi connectivity index (χ4v) is 1.88. The van der Waals surface area contributed by atoms with Crippen molar-refractivity contribution in [2.75, 3.05) is 0 Å². The molecule has 0 aliphatic carbocycles. The Morgan fingerprint density at radius 3 is 2.44 bits per heavy atom. The summed E-state index contributed by atoms with van der Waals surface area (Å²) in [7, 11) is -4.14. The second kappa shape index (κ2) is 4.63. The van der Waals surface area contributed by atoms with Crippen LogP contribution in [0.1, 0.15) is 13.8 Å². The molecule has 0 atom stereocenters. The summed E-state index contributed by atoms with van der Waals surface area (Å²) in [5, 5.41) is 1.63. The molecule has 0 spiro atoms. The minimum atomic E-state index is -4.14. The maximum atomic E-state index is 10.9. The van der Waals surface area contributed by atoms with E-state index in [9.17, 15) is 8.42 Å². The Bertz CT molecular complexity index is 625. The topological polar surface area (TPSA) is 54.4 Å². The molecule has 0 amide bonds. The summed E-state index contributed by atoms with van der Waals surface area (Å²) >= 11 is 0. The van der Waals surface area contributed by atoms with E-state index < -0.39 is 10.1 Å². The van der Waals surface area contributed by atoms with Crippen LogP contribution in [0.5, 0.6) is 0 Å². The van der Waals surface area contributed by atoms with Gasteiger partial charge >= 0.3 is 0 Å². The van der Waals surface area contributed by atoms with Gasteiger partial charge < -0.3 is 0 Å². The Kier molecular flexibility index (Phi) is 3.67. The number of hydrogen-bond donors (Lipinski definition) is 1. The van der Waals surface area contributed by atoms with Gasteiger partial charge in [-0.05, 0) is 36.4 Å². The molecular weight excluding hydrogens is 224 g/mol. The molecule has 0 radical (unpaired) electrons. The van der Waals surface area contributed by atoms with Crippen LogP contribution < -0.4 is 10.4 Å². The zero-order chi connectivity index (χ0) is 12.3. The first-order valence-corrected chi connectivity index (χ1v) is 6.20. The van der Waals surface area contributed by atoms with Crippen molar-refractivity contribution in [1.82, 2.24) is 0 Å². The van der Waals surface area contributed by atoms with E-state index in [2.05, 4.69) is 6.58 Å². The molecule has 0 heterocycles. The molecular formula is C12H14O3S. The summed E-state index contributed by atoms with van der Waals surface area (Å²) < 4.78 is 30.8. The quantitative estimate of drug-likeness (QED) is 0.785. The third kappa shape index (κ3) is 3.05. The average molecular weight is 238 g/mol. The molecule has 0 bridgehead atoms. The van der Waals surface area contributed by atoms with E-state index in [0.717, 1.165) is 16.0 Å². The highest BCUT2D eigenvalue weighted by atomic mass is 32.2. The summed E-state index contributed by atoms with van der Waals surface area (Å²) in [6, 6.07) is 4.45. The van der Waals surface area contributed by atoms with Gasteiger partial charge in [-0.15, -0.1) is 0 Å². The summed E-state index contributed by atoms with van der Waals surface area (Å²) in [5.74, 6) is 0. The van der Waals surface area contributed by atoms with Crippen molar-refractivity contribution in [3.8, 4) is 0 Å². The van der Waals surface area contributed by atoms with Crippen LogP contribution in [0.25, 0.3) is 12.2 Å². The number of benzene rings is 1. The molecule has 4 heteroatoms. The second-order valence-corrected chi connectivity index (χ2v) is 4.97. The molecule has 1 aromatic rings. The fourth-order valence-electron chi connectivity index (χ4n) is 1.36. The smallest absolute Gasteiger partial charge is 0.282 e. The molecule has 0 aliphatic heterocycles. The van der Waals surface area contributed by atoms with Gasteiger partial charge in [-0.3, -0.25) is 4.55 Å². The van der Waals surface area contributed by atoms with Crippen molar-refractivity contribution in [1.29, 1.82) is 0 Å². The van der Waals surface area contributed by atoms with E-state index in [1.807, 2.05) is 13.0 Å². The van der Waals surface area contributed by atoms with Gasteiger partial charge in [0.1, 0.15) is 0 Å². The lowest BCUT2D eigenvalue weighted by Gasteiger charge is -1.97. The van der Waals surface area contributed by atoms with Gasteiger partial charge in [-0.25, -0.2) is 0 Å². The predicted octanol–water partition coefficient (Wildman–Crippen LogP) is 1.09. The molecule has 0 fully saturated rings. The molecule has 3 nitrogen and oxygen atoms in total. The van der Waals surface area contributed by atoms with E-state index in [0.29, 0.717) is 0 Å². The summed E-state index contributed by atoms with van der Waals surface area (Å²) in [6.07, 6.45) is 3.63. The normalized spacial score (nSPS) is 14.2. The first-order chi connectivity index (χ1) is 7.34. The highest BCUT2D eigenvalue weighted by molar-refractivity contribution is 7.85. The number of hydrogen-bond acceptors (Lipinski definition) is 2. The van der Waals surface area contributed by atoms with Gasteiger partial charge in [0.25, 0.3) is 10.1 Å². The van der Waals surface area contributed by atoms with E-state index >= 15 is 0 Å². The molecule has 16 heavy (non-hydrogen) atoms. The molecule has 0 saturated carbocycles. The number of rotatable bonds is 2. The Morgan fingerprint density at radius 2 is 2.00 bits per heavy atom. The van der Waals surface area contributed by atoms with Gasteiger partial charge in [0.15, 0.2) is 0 Å². The molecule has 1 rings (SSSR count). The van der Waals surface area contributed by atoms with Crippen molar-refractivity contribution in [3.63, 3.8) is 0 Å². The Morgan fingerprint density at radius 1 is 1.38 bits per heavy atom. The van der Waals surface area contributed by atoms with Crippen LogP contribution >= 0.6 is 0 Å². The van der Waals surface area contributed by atoms with Gasteiger partial charge in [0, 0.05) is 0 Å². The molecule has 86 valence electrons. The fraction of sp³-hybridized carbons (Fsp3) is 0.167. The van der Waals surface area contributed by atoms with Crippen molar-refractivity contribution in [2.45, 2.75) is 18.7 Å². The first kappa shape index (κ1) is 12.7. The molecule has 0 unspecified atom stereocenters. The monoisotopic (exact) mass is 238 g/mol. The maximum Gasteiger partial charge on any atom is 0.294 e. The van der Waals surface area contributed by atoms with Gasteiger partial charge in [0.2, 0.25) is 0 Å². The van der Waals surface area contributed by atoms with E-state index in [4.69, 9.17) is 4.55 Å². The van der Waals surface area contributed by atoms with Crippen molar-refractivity contribution < 1.29 is 13.0 Å². The summed E-state index contributed by atoms with van der Waals surface area (Å²) in [5.41, 5.74) is 0.878. The van der Waals surface area contributed by atoms with Crippen LogP contribution in [0, 0.1) is 0 Å². The SMILES string of the molecule is C=C(C)/C=c1/ccc(S(=O)(=O)O)c/c1=C/C. The van der Waals surface area contributed by atoms with Crippen LogP contribution in [-0.2, 0) is 10.1 Å². The molecule has 0 aliphatic rings. The number of allylic oxidation sites excluding steroid dienone is 1. The minimum Gasteiger partial charge on any atom is -0.282 e. The van der Waals surface area contributed by atoms with E-state index in [-0.39, 0.29) is 4.90 Å². The third-order valence-electron chi connectivity index (χ3n) is 2.07. The van der Waals surface area contributed by atoms with Gasteiger partial charge in [-0.1, -0.05) is 30.4 Å².